The van der Waals surface area contributed by atoms with Crippen molar-refractivity contribution in [2.75, 3.05) is 6.61 Å². The lowest BCUT2D eigenvalue weighted by Crippen LogP contribution is -2.02. The highest BCUT2D eigenvalue weighted by Crippen LogP contribution is 2.32. The molecule has 3 aromatic rings. The van der Waals surface area contributed by atoms with Crippen LogP contribution in [0.15, 0.2) is 48.9 Å². The Kier molecular flexibility index (Phi) is 4.39. The number of carbonyl (C=O) groups is 1. The van der Waals surface area contributed by atoms with Gasteiger partial charge in [-0.05, 0) is 36.2 Å². The normalized spacial score (nSPS) is 10.8. The summed E-state index contributed by atoms with van der Waals surface area (Å²) in [4.78, 5) is 15.4. The Balaban J connectivity index is 2.16. The quantitative estimate of drug-likeness (QED) is 0.753. The molecule has 0 unspecified atom stereocenters. The van der Waals surface area contributed by atoms with E-state index in [9.17, 15) is 9.90 Å². The van der Waals surface area contributed by atoms with Crippen molar-refractivity contribution in [1.82, 2.24) is 14.8 Å². The van der Waals surface area contributed by atoms with Gasteiger partial charge in [0.1, 0.15) is 5.69 Å². The first kappa shape index (κ1) is 15.9. The number of aromatic nitrogens is 3. The molecule has 1 aromatic carbocycles. The Morgan fingerprint density at radius 2 is 1.92 bits per heavy atom. The van der Waals surface area contributed by atoms with Gasteiger partial charge in [-0.25, -0.2) is 4.79 Å². The first-order valence-corrected chi connectivity index (χ1v) is 7.53. The third kappa shape index (κ3) is 3.04. The molecule has 0 saturated heterocycles. The Morgan fingerprint density at radius 1 is 1.17 bits per heavy atom. The molecule has 24 heavy (non-hydrogen) atoms. The van der Waals surface area contributed by atoms with E-state index in [0.717, 1.165) is 22.4 Å². The lowest BCUT2D eigenvalue weighted by Gasteiger charge is -2.06. The monoisotopic (exact) mass is 323 g/mol. The summed E-state index contributed by atoms with van der Waals surface area (Å²) >= 11 is 0. The first-order chi connectivity index (χ1) is 11.6. The van der Waals surface area contributed by atoms with Crippen LogP contribution in [-0.4, -0.2) is 37.6 Å². The standard InChI is InChI=1S/C18H17N3O3/c1-12-2-3-14(10-15(12)18(23)24)16-11-21(8-9-22)20-17(16)13-4-6-19-7-5-13/h2-7,10-11,22H,8-9H2,1H3,(H,23,24). The molecular formula is C18H17N3O3. The second kappa shape index (κ2) is 6.64. The third-order valence-corrected chi connectivity index (χ3v) is 3.82. The molecule has 6 nitrogen and oxygen atoms in total. The number of aliphatic hydroxyl groups excluding tert-OH is 1. The fourth-order valence-corrected chi connectivity index (χ4v) is 2.59. The summed E-state index contributed by atoms with van der Waals surface area (Å²) < 4.78 is 1.66. The van der Waals surface area contributed by atoms with Gasteiger partial charge in [0.15, 0.2) is 0 Å². The molecule has 2 aromatic heterocycles. The Bertz CT molecular complexity index is 872. The minimum absolute atomic E-state index is 0.0226. The van der Waals surface area contributed by atoms with Gasteiger partial charge in [-0.2, -0.15) is 5.10 Å². The van der Waals surface area contributed by atoms with Crippen LogP contribution in [0.4, 0.5) is 0 Å². The van der Waals surface area contributed by atoms with Gasteiger partial charge in [0, 0.05) is 29.7 Å². The molecule has 122 valence electrons. The molecule has 0 radical (unpaired) electrons. The van der Waals surface area contributed by atoms with Crippen LogP contribution in [0.25, 0.3) is 22.4 Å². The second-order valence-electron chi connectivity index (χ2n) is 5.45. The van der Waals surface area contributed by atoms with Gasteiger partial charge in [0.25, 0.3) is 0 Å². The summed E-state index contributed by atoms with van der Waals surface area (Å²) in [6.45, 7) is 2.12. The number of hydrogen-bond acceptors (Lipinski definition) is 4. The molecule has 0 aliphatic rings. The molecule has 0 spiro atoms. The zero-order valence-corrected chi connectivity index (χ0v) is 13.2. The van der Waals surface area contributed by atoms with Crippen molar-refractivity contribution in [2.45, 2.75) is 13.5 Å². The van der Waals surface area contributed by atoms with Crippen LogP contribution < -0.4 is 0 Å². The lowest BCUT2D eigenvalue weighted by molar-refractivity contribution is 0.0696. The molecule has 2 N–H and O–H groups in total. The van der Waals surface area contributed by atoms with Gasteiger partial charge in [-0.3, -0.25) is 9.67 Å². The fraction of sp³-hybridized carbons (Fsp3) is 0.167. The van der Waals surface area contributed by atoms with Crippen molar-refractivity contribution in [3.05, 3.63) is 60.0 Å². The van der Waals surface area contributed by atoms with Crippen molar-refractivity contribution in [2.24, 2.45) is 0 Å². The van der Waals surface area contributed by atoms with Crippen LogP contribution in [0, 0.1) is 6.92 Å². The number of rotatable bonds is 5. The van der Waals surface area contributed by atoms with E-state index in [-0.39, 0.29) is 12.2 Å². The predicted octanol–water partition coefficient (Wildman–Crippen LogP) is 2.61. The van der Waals surface area contributed by atoms with E-state index in [0.29, 0.717) is 12.1 Å². The topological polar surface area (TPSA) is 88.2 Å². The van der Waals surface area contributed by atoms with Crippen molar-refractivity contribution >= 4 is 5.97 Å². The van der Waals surface area contributed by atoms with Crippen molar-refractivity contribution in [1.29, 1.82) is 0 Å². The molecule has 0 aliphatic carbocycles. The Hall–Kier alpha value is -2.99. The van der Waals surface area contributed by atoms with E-state index in [1.54, 1.807) is 36.1 Å². The van der Waals surface area contributed by atoms with Crippen molar-refractivity contribution in [3.63, 3.8) is 0 Å². The van der Waals surface area contributed by atoms with E-state index in [4.69, 9.17) is 5.11 Å². The number of nitrogens with zero attached hydrogens (tertiary/aromatic N) is 3. The molecule has 0 fully saturated rings. The van der Waals surface area contributed by atoms with Crippen LogP contribution in [0.5, 0.6) is 0 Å². The van der Waals surface area contributed by atoms with E-state index in [2.05, 4.69) is 10.1 Å². The average molecular weight is 323 g/mol. The number of carboxylic acids is 1. The van der Waals surface area contributed by atoms with Gasteiger partial charge < -0.3 is 10.2 Å². The number of aryl methyl sites for hydroxylation is 1. The zero-order chi connectivity index (χ0) is 17.1. The molecule has 6 heteroatoms. The highest BCUT2D eigenvalue weighted by molar-refractivity contribution is 5.92. The van der Waals surface area contributed by atoms with Gasteiger partial charge in [-0.15, -0.1) is 0 Å². The van der Waals surface area contributed by atoms with Crippen LogP contribution in [0.1, 0.15) is 15.9 Å². The minimum atomic E-state index is -0.956. The molecule has 0 bridgehead atoms. The average Bonchev–Trinajstić information content (AvgIpc) is 3.00. The summed E-state index contributed by atoms with van der Waals surface area (Å²) in [6.07, 6.45) is 5.19. The fourth-order valence-electron chi connectivity index (χ4n) is 2.59. The van der Waals surface area contributed by atoms with Crippen LogP contribution >= 0.6 is 0 Å². The highest BCUT2D eigenvalue weighted by Gasteiger charge is 2.16. The van der Waals surface area contributed by atoms with Crippen LogP contribution in [-0.2, 0) is 6.54 Å². The van der Waals surface area contributed by atoms with Gasteiger partial charge in [0.05, 0.1) is 18.7 Å². The predicted molar refractivity (Wildman–Crippen MR) is 89.7 cm³/mol. The SMILES string of the molecule is Cc1ccc(-c2cn(CCO)nc2-c2ccncc2)cc1C(=O)O. The molecule has 0 atom stereocenters. The largest absolute Gasteiger partial charge is 0.478 e. The van der Waals surface area contributed by atoms with Gasteiger partial charge >= 0.3 is 5.97 Å². The first-order valence-electron chi connectivity index (χ1n) is 7.53. The van der Waals surface area contributed by atoms with Crippen molar-refractivity contribution in [3.8, 4) is 22.4 Å². The molecule has 0 saturated carbocycles. The lowest BCUT2D eigenvalue weighted by atomic mass is 9.98. The summed E-state index contributed by atoms with van der Waals surface area (Å²) in [5, 5.41) is 23.0. The number of carboxylic acid groups (broad SMARTS) is 1. The second-order valence-corrected chi connectivity index (χ2v) is 5.45. The number of aromatic carboxylic acids is 1. The van der Waals surface area contributed by atoms with E-state index >= 15 is 0 Å². The maximum absolute atomic E-state index is 11.4. The summed E-state index contributed by atoms with van der Waals surface area (Å²) in [7, 11) is 0. The van der Waals surface area contributed by atoms with Gasteiger partial charge in [-0.1, -0.05) is 12.1 Å². The minimum Gasteiger partial charge on any atom is -0.478 e. The zero-order valence-electron chi connectivity index (χ0n) is 13.2. The van der Waals surface area contributed by atoms with E-state index < -0.39 is 5.97 Å². The highest BCUT2D eigenvalue weighted by atomic mass is 16.4. The van der Waals surface area contributed by atoms with Gasteiger partial charge in [0.2, 0.25) is 0 Å². The number of benzene rings is 1. The Labute approximate surface area is 139 Å². The molecule has 0 amide bonds. The third-order valence-electron chi connectivity index (χ3n) is 3.82. The summed E-state index contributed by atoms with van der Waals surface area (Å²) in [5.41, 5.74) is 4.17. The summed E-state index contributed by atoms with van der Waals surface area (Å²) in [6, 6.07) is 9.02. The smallest absolute Gasteiger partial charge is 0.335 e. The number of aliphatic hydroxyl groups is 1. The molecule has 2 heterocycles. The van der Waals surface area contributed by atoms with Crippen molar-refractivity contribution < 1.29 is 15.0 Å². The van der Waals surface area contributed by atoms with Crippen LogP contribution in [0.2, 0.25) is 0 Å². The molecule has 0 aliphatic heterocycles. The van der Waals surface area contributed by atoms with E-state index in [1.165, 1.54) is 0 Å². The van der Waals surface area contributed by atoms with E-state index in [1.807, 2.05) is 24.4 Å². The number of hydrogen-bond donors (Lipinski definition) is 2. The molecular weight excluding hydrogens is 306 g/mol. The summed E-state index contributed by atoms with van der Waals surface area (Å²) in [5.74, 6) is -0.956. The molecule has 3 rings (SSSR count). The maximum atomic E-state index is 11.4. The maximum Gasteiger partial charge on any atom is 0.335 e. The Morgan fingerprint density at radius 3 is 2.58 bits per heavy atom. The van der Waals surface area contributed by atoms with Crippen LogP contribution in [0.3, 0.4) is 0 Å². The number of pyridine rings is 1.